The van der Waals surface area contributed by atoms with E-state index in [2.05, 4.69) is 32.2 Å². The van der Waals surface area contributed by atoms with E-state index < -0.39 is 0 Å². The maximum absolute atomic E-state index is 4.60. The van der Waals surface area contributed by atoms with Crippen LogP contribution in [-0.2, 0) is 6.54 Å². The van der Waals surface area contributed by atoms with Crippen LogP contribution in [0, 0.1) is 13.8 Å². The molecule has 100 valence electrons. The van der Waals surface area contributed by atoms with Crippen molar-refractivity contribution in [2.75, 3.05) is 13.1 Å². The molecule has 3 rings (SSSR count). The van der Waals surface area contributed by atoms with Gasteiger partial charge in [0.2, 0.25) is 0 Å². The maximum Gasteiger partial charge on any atom is 0.0739 e. The van der Waals surface area contributed by atoms with Crippen molar-refractivity contribution in [2.24, 2.45) is 0 Å². The van der Waals surface area contributed by atoms with E-state index in [4.69, 9.17) is 0 Å². The highest BCUT2D eigenvalue weighted by molar-refractivity contribution is 5.64. The van der Waals surface area contributed by atoms with Crippen LogP contribution < -0.4 is 0 Å². The number of aromatic amines is 1. The lowest BCUT2D eigenvalue weighted by Crippen LogP contribution is -2.18. The molecule has 0 saturated carbocycles. The third-order valence-electron chi connectivity index (χ3n) is 3.81. The number of hydrogen-bond acceptors (Lipinski definition) is 3. The van der Waals surface area contributed by atoms with Crippen LogP contribution in [0.25, 0.3) is 11.3 Å². The van der Waals surface area contributed by atoms with Gasteiger partial charge in [0.25, 0.3) is 0 Å². The van der Waals surface area contributed by atoms with Crippen LogP contribution in [0.5, 0.6) is 0 Å². The topological polar surface area (TPSA) is 44.8 Å². The summed E-state index contributed by atoms with van der Waals surface area (Å²) in [7, 11) is 0. The Kier molecular flexibility index (Phi) is 3.34. The standard InChI is InChI=1S/C15H20N4/c1-11-15(12(2)18-17-11)14-6-5-13(9-16-14)10-19-7-3-4-8-19/h5-6,9H,3-4,7-8,10H2,1-2H3,(H,17,18). The van der Waals surface area contributed by atoms with E-state index in [0.717, 1.165) is 29.2 Å². The van der Waals surface area contributed by atoms with E-state index in [-0.39, 0.29) is 0 Å². The molecule has 0 unspecified atom stereocenters. The Morgan fingerprint density at radius 2 is 2.00 bits per heavy atom. The van der Waals surface area contributed by atoms with Gasteiger partial charge in [-0.2, -0.15) is 5.10 Å². The quantitative estimate of drug-likeness (QED) is 0.918. The van der Waals surface area contributed by atoms with Crippen molar-refractivity contribution >= 4 is 0 Å². The predicted molar refractivity (Wildman–Crippen MR) is 75.8 cm³/mol. The van der Waals surface area contributed by atoms with E-state index in [1.807, 2.05) is 20.0 Å². The van der Waals surface area contributed by atoms with Gasteiger partial charge in [0, 0.05) is 24.0 Å². The first-order chi connectivity index (χ1) is 9.24. The van der Waals surface area contributed by atoms with Crippen LogP contribution in [0.4, 0.5) is 0 Å². The number of H-pyrrole nitrogens is 1. The van der Waals surface area contributed by atoms with Gasteiger partial charge in [-0.3, -0.25) is 15.0 Å². The summed E-state index contributed by atoms with van der Waals surface area (Å²) in [6.07, 6.45) is 4.66. The molecule has 1 saturated heterocycles. The Balaban J connectivity index is 1.78. The summed E-state index contributed by atoms with van der Waals surface area (Å²) in [6.45, 7) is 7.52. The van der Waals surface area contributed by atoms with Gasteiger partial charge in [0.1, 0.15) is 0 Å². The van der Waals surface area contributed by atoms with Crippen molar-refractivity contribution in [2.45, 2.75) is 33.2 Å². The Bertz CT molecular complexity index is 531. The minimum absolute atomic E-state index is 1.01. The lowest BCUT2D eigenvalue weighted by molar-refractivity contribution is 0.331. The van der Waals surface area contributed by atoms with Gasteiger partial charge >= 0.3 is 0 Å². The molecule has 1 fully saturated rings. The smallest absolute Gasteiger partial charge is 0.0739 e. The van der Waals surface area contributed by atoms with Crippen molar-refractivity contribution < 1.29 is 0 Å². The Labute approximate surface area is 113 Å². The largest absolute Gasteiger partial charge is 0.299 e. The van der Waals surface area contributed by atoms with E-state index in [9.17, 15) is 0 Å². The van der Waals surface area contributed by atoms with E-state index in [1.165, 1.54) is 31.5 Å². The number of aryl methyl sites for hydroxylation is 2. The Morgan fingerprint density at radius 3 is 2.58 bits per heavy atom. The minimum Gasteiger partial charge on any atom is -0.299 e. The second-order valence-corrected chi connectivity index (χ2v) is 5.34. The maximum atomic E-state index is 4.60. The summed E-state index contributed by atoms with van der Waals surface area (Å²) in [5.74, 6) is 0. The molecule has 0 amide bonds. The molecule has 2 aromatic heterocycles. The van der Waals surface area contributed by atoms with Gasteiger partial charge in [-0.25, -0.2) is 0 Å². The van der Waals surface area contributed by atoms with Crippen molar-refractivity contribution in [3.63, 3.8) is 0 Å². The van der Waals surface area contributed by atoms with E-state index in [1.54, 1.807) is 0 Å². The van der Waals surface area contributed by atoms with Crippen molar-refractivity contribution in [3.8, 4) is 11.3 Å². The van der Waals surface area contributed by atoms with Crippen LogP contribution in [0.2, 0.25) is 0 Å². The lowest BCUT2D eigenvalue weighted by atomic mass is 10.1. The van der Waals surface area contributed by atoms with Crippen LogP contribution in [0.3, 0.4) is 0 Å². The predicted octanol–water partition coefficient (Wildman–Crippen LogP) is 2.68. The second-order valence-electron chi connectivity index (χ2n) is 5.34. The van der Waals surface area contributed by atoms with Gasteiger partial charge < -0.3 is 0 Å². The molecule has 0 bridgehead atoms. The summed E-state index contributed by atoms with van der Waals surface area (Å²) in [6, 6.07) is 4.29. The fourth-order valence-electron chi connectivity index (χ4n) is 2.79. The number of nitrogens with zero attached hydrogens (tertiary/aromatic N) is 3. The molecular weight excluding hydrogens is 236 g/mol. The number of likely N-dealkylation sites (tertiary alicyclic amines) is 1. The minimum atomic E-state index is 1.01. The zero-order chi connectivity index (χ0) is 13.2. The Morgan fingerprint density at radius 1 is 1.21 bits per heavy atom. The molecule has 0 spiro atoms. The molecule has 1 N–H and O–H groups in total. The lowest BCUT2D eigenvalue weighted by Gasteiger charge is -2.14. The number of rotatable bonds is 3. The van der Waals surface area contributed by atoms with Crippen LogP contribution in [0.1, 0.15) is 29.8 Å². The molecule has 0 aromatic carbocycles. The van der Waals surface area contributed by atoms with Crippen LogP contribution in [-0.4, -0.2) is 33.2 Å². The number of aromatic nitrogens is 3. The van der Waals surface area contributed by atoms with Crippen LogP contribution >= 0.6 is 0 Å². The molecule has 3 heterocycles. The average Bonchev–Trinajstić information content (AvgIpc) is 3.02. The third-order valence-corrected chi connectivity index (χ3v) is 3.81. The molecule has 19 heavy (non-hydrogen) atoms. The highest BCUT2D eigenvalue weighted by atomic mass is 15.1. The zero-order valence-corrected chi connectivity index (χ0v) is 11.6. The molecule has 2 aromatic rings. The molecule has 1 aliphatic rings. The van der Waals surface area contributed by atoms with Crippen molar-refractivity contribution in [1.29, 1.82) is 0 Å². The summed E-state index contributed by atoms with van der Waals surface area (Å²) in [5.41, 5.74) is 5.53. The number of hydrogen-bond donors (Lipinski definition) is 1. The first-order valence-electron chi connectivity index (χ1n) is 6.93. The van der Waals surface area contributed by atoms with Gasteiger partial charge in [-0.1, -0.05) is 6.07 Å². The number of nitrogens with one attached hydrogen (secondary N) is 1. The van der Waals surface area contributed by atoms with E-state index in [0.29, 0.717) is 0 Å². The average molecular weight is 256 g/mol. The summed E-state index contributed by atoms with van der Waals surface area (Å²) >= 11 is 0. The van der Waals surface area contributed by atoms with Gasteiger partial charge in [0.15, 0.2) is 0 Å². The fourth-order valence-corrected chi connectivity index (χ4v) is 2.79. The highest BCUT2D eigenvalue weighted by Gasteiger charge is 2.13. The number of pyridine rings is 1. The second kappa shape index (κ2) is 5.13. The normalized spacial score (nSPS) is 16.1. The molecule has 4 nitrogen and oxygen atoms in total. The molecule has 0 atom stereocenters. The SMILES string of the molecule is Cc1n[nH]c(C)c1-c1ccc(CN2CCCC2)cn1. The highest BCUT2D eigenvalue weighted by Crippen LogP contribution is 2.23. The first kappa shape index (κ1) is 12.4. The molecular formula is C15H20N4. The molecule has 0 aliphatic carbocycles. The van der Waals surface area contributed by atoms with Crippen LogP contribution in [0.15, 0.2) is 18.3 Å². The van der Waals surface area contributed by atoms with Crippen molar-refractivity contribution in [3.05, 3.63) is 35.3 Å². The van der Waals surface area contributed by atoms with Gasteiger partial charge in [-0.15, -0.1) is 0 Å². The zero-order valence-electron chi connectivity index (χ0n) is 11.6. The summed E-state index contributed by atoms with van der Waals surface area (Å²) < 4.78 is 0. The van der Waals surface area contributed by atoms with Crippen molar-refractivity contribution in [1.82, 2.24) is 20.1 Å². The monoisotopic (exact) mass is 256 g/mol. The fraction of sp³-hybridized carbons (Fsp3) is 0.467. The van der Waals surface area contributed by atoms with Gasteiger partial charge in [-0.05, 0) is 51.4 Å². The Hall–Kier alpha value is -1.68. The molecule has 4 heteroatoms. The first-order valence-corrected chi connectivity index (χ1v) is 6.93. The molecule has 1 aliphatic heterocycles. The van der Waals surface area contributed by atoms with Gasteiger partial charge in [0.05, 0.1) is 11.4 Å². The summed E-state index contributed by atoms with van der Waals surface area (Å²) in [5, 5.41) is 7.24. The summed E-state index contributed by atoms with van der Waals surface area (Å²) in [4.78, 5) is 7.09. The molecule has 0 radical (unpaired) electrons. The van der Waals surface area contributed by atoms with E-state index >= 15 is 0 Å². The third kappa shape index (κ3) is 2.54.